The molecule has 10 heteroatoms. The van der Waals surface area contributed by atoms with Crippen molar-refractivity contribution >= 4 is 35.6 Å². The van der Waals surface area contributed by atoms with Crippen LogP contribution in [0.1, 0.15) is 11.1 Å². The molecule has 0 aliphatic carbocycles. The Balaban J connectivity index is 0.00000420. The van der Waals surface area contributed by atoms with Crippen molar-refractivity contribution < 1.29 is 27.4 Å². The lowest BCUT2D eigenvalue weighted by atomic mass is 10.1. The molecule has 0 amide bonds. The lowest BCUT2D eigenvalue weighted by Gasteiger charge is -2.13. The predicted molar refractivity (Wildman–Crippen MR) is 117 cm³/mol. The molecule has 0 aromatic heterocycles. The van der Waals surface area contributed by atoms with Crippen LogP contribution in [0.5, 0.6) is 17.2 Å². The largest absolute Gasteiger partial charge is 0.493 e. The average Bonchev–Trinajstić information content (AvgIpc) is 2.64. The fourth-order valence-corrected chi connectivity index (χ4v) is 2.36. The van der Waals surface area contributed by atoms with Gasteiger partial charge in [-0.2, -0.15) is 13.2 Å². The smallest absolute Gasteiger partial charge is 0.422 e. The highest BCUT2D eigenvalue weighted by atomic mass is 127. The molecule has 0 bridgehead atoms. The lowest BCUT2D eigenvalue weighted by molar-refractivity contribution is -0.153. The highest BCUT2D eigenvalue weighted by Gasteiger charge is 2.28. The first-order valence-corrected chi connectivity index (χ1v) is 8.30. The number of aryl methyl sites for hydroxylation is 1. The summed E-state index contributed by atoms with van der Waals surface area (Å²) in [6.45, 7) is 0.451. The summed E-state index contributed by atoms with van der Waals surface area (Å²) in [7, 11) is 3.04. The van der Waals surface area contributed by atoms with Crippen molar-refractivity contribution in [3.8, 4) is 17.2 Å². The number of guanidine groups is 1. The third kappa shape index (κ3) is 7.87. The first-order chi connectivity index (χ1) is 13.2. The Hall–Kier alpha value is -2.37. The van der Waals surface area contributed by atoms with Gasteiger partial charge in [-0.25, -0.2) is 4.99 Å². The molecule has 2 rings (SSSR count). The molecule has 2 aromatic rings. The third-order valence-electron chi connectivity index (χ3n) is 3.69. The van der Waals surface area contributed by atoms with E-state index < -0.39 is 12.8 Å². The molecule has 0 spiro atoms. The molecule has 0 atom stereocenters. The summed E-state index contributed by atoms with van der Waals surface area (Å²) in [4.78, 5) is 4.17. The number of methoxy groups -OCH3 is 2. The Kier molecular flexibility index (Phi) is 9.34. The van der Waals surface area contributed by atoms with Crippen LogP contribution in [0, 0.1) is 6.92 Å². The summed E-state index contributed by atoms with van der Waals surface area (Å²) in [6, 6.07) is 10.1. The van der Waals surface area contributed by atoms with Crippen molar-refractivity contribution in [2.45, 2.75) is 19.6 Å². The van der Waals surface area contributed by atoms with E-state index >= 15 is 0 Å². The molecule has 2 aromatic carbocycles. The number of hydrogen-bond donors (Lipinski definition) is 2. The van der Waals surface area contributed by atoms with Gasteiger partial charge in [0.05, 0.1) is 20.8 Å². The highest BCUT2D eigenvalue weighted by Crippen LogP contribution is 2.29. The van der Waals surface area contributed by atoms with Crippen LogP contribution in [-0.2, 0) is 6.54 Å². The zero-order chi connectivity index (χ0) is 20.7. The van der Waals surface area contributed by atoms with E-state index in [-0.39, 0.29) is 42.2 Å². The van der Waals surface area contributed by atoms with E-state index in [1.165, 1.54) is 20.3 Å². The monoisotopic (exact) mass is 525 g/mol. The maximum absolute atomic E-state index is 12.4. The number of hydrogen-bond acceptors (Lipinski definition) is 4. The fourth-order valence-electron chi connectivity index (χ4n) is 2.36. The van der Waals surface area contributed by atoms with Gasteiger partial charge in [-0.1, -0.05) is 12.1 Å². The SMILES string of the molecule is COc1ccc(NC(N)=NCc2ccc(C)cc2OCC(F)(F)F)cc1OC.I. The van der Waals surface area contributed by atoms with Crippen LogP contribution < -0.4 is 25.3 Å². The minimum Gasteiger partial charge on any atom is -0.493 e. The number of ether oxygens (including phenoxy) is 3. The molecule has 0 heterocycles. The molecule has 0 unspecified atom stereocenters. The number of alkyl halides is 3. The minimum atomic E-state index is -4.42. The van der Waals surface area contributed by atoms with Gasteiger partial charge in [0.25, 0.3) is 0 Å². The topological polar surface area (TPSA) is 78.1 Å². The van der Waals surface area contributed by atoms with Gasteiger partial charge in [0.15, 0.2) is 24.1 Å². The van der Waals surface area contributed by atoms with E-state index in [9.17, 15) is 13.2 Å². The van der Waals surface area contributed by atoms with Crippen LogP contribution >= 0.6 is 24.0 Å². The number of anilines is 1. The second kappa shape index (κ2) is 11.0. The number of rotatable bonds is 7. The van der Waals surface area contributed by atoms with Crippen molar-refractivity contribution in [1.82, 2.24) is 0 Å². The molecule has 0 fully saturated rings. The molecule has 0 radical (unpaired) electrons. The number of nitrogens with one attached hydrogen (secondary N) is 1. The first-order valence-electron chi connectivity index (χ1n) is 8.30. The van der Waals surface area contributed by atoms with Crippen molar-refractivity contribution in [1.29, 1.82) is 0 Å². The Bertz CT molecular complexity index is 845. The maximum Gasteiger partial charge on any atom is 0.422 e. The number of nitrogens with two attached hydrogens (primary N) is 1. The Labute approximate surface area is 184 Å². The van der Waals surface area contributed by atoms with E-state index in [1.807, 2.05) is 0 Å². The lowest BCUT2D eigenvalue weighted by Crippen LogP contribution is -2.23. The molecule has 0 saturated carbocycles. The predicted octanol–water partition coefficient (Wildman–Crippen LogP) is 4.50. The number of nitrogens with zero attached hydrogens (tertiary/aromatic N) is 1. The molecule has 6 nitrogen and oxygen atoms in total. The molecule has 0 saturated heterocycles. The number of halogens is 4. The van der Waals surface area contributed by atoms with Gasteiger partial charge in [-0.05, 0) is 30.7 Å². The summed E-state index contributed by atoms with van der Waals surface area (Å²) < 4.78 is 52.6. The zero-order valence-corrected chi connectivity index (χ0v) is 18.5. The molecule has 0 aliphatic rings. The van der Waals surface area contributed by atoms with E-state index in [2.05, 4.69) is 10.3 Å². The molecular formula is C19H23F3IN3O3. The van der Waals surface area contributed by atoms with Gasteiger partial charge in [0.2, 0.25) is 0 Å². The Morgan fingerprint density at radius 2 is 1.72 bits per heavy atom. The first kappa shape index (κ1) is 24.7. The normalized spacial score (nSPS) is 11.4. The summed E-state index contributed by atoms with van der Waals surface area (Å²) >= 11 is 0. The minimum absolute atomic E-state index is 0. The van der Waals surface area contributed by atoms with Gasteiger partial charge in [0, 0.05) is 17.3 Å². The molecular weight excluding hydrogens is 502 g/mol. The fraction of sp³-hybridized carbons (Fsp3) is 0.316. The number of benzene rings is 2. The van der Waals surface area contributed by atoms with Gasteiger partial charge in [0.1, 0.15) is 5.75 Å². The molecule has 29 heavy (non-hydrogen) atoms. The van der Waals surface area contributed by atoms with Crippen LogP contribution in [0.15, 0.2) is 41.4 Å². The highest BCUT2D eigenvalue weighted by molar-refractivity contribution is 14.0. The molecule has 0 aliphatic heterocycles. The Morgan fingerprint density at radius 3 is 2.34 bits per heavy atom. The van der Waals surface area contributed by atoms with Crippen molar-refractivity contribution in [2.24, 2.45) is 10.7 Å². The second-order valence-corrected chi connectivity index (χ2v) is 5.91. The van der Waals surface area contributed by atoms with Crippen LogP contribution in [0.4, 0.5) is 18.9 Å². The van der Waals surface area contributed by atoms with E-state index in [0.717, 1.165) is 5.56 Å². The second-order valence-electron chi connectivity index (χ2n) is 5.91. The summed E-state index contributed by atoms with van der Waals surface area (Å²) in [6.07, 6.45) is -4.42. The van der Waals surface area contributed by atoms with E-state index in [4.69, 9.17) is 19.9 Å². The Morgan fingerprint density at radius 1 is 1.03 bits per heavy atom. The molecule has 3 N–H and O–H groups in total. The quantitative estimate of drug-likeness (QED) is 0.317. The average molecular weight is 525 g/mol. The summed E-state index contributed by atoms with van der Waals surface area (Å²) in [5.41, 5.74) is 7.78. The van der Waals surface area contributed by atoms with Crippen molar-refractivity contribution in [3.05, 3.63) is 47.5 Å². The van der Waals surface area contributed by atoms with E-state index in [0.29, 0.717) is 22.7 Å². The van der Waals surface area contributed by atoms with Crippen molar-refractivity contribution in [2.75, 3.05) is 26.1 Å². The van der Waals surface area contributed by atoms with Crippen molar-refractivity contribution in [3.63, 3.8) is 0 Å². The van der Waals surface area contributed by atoms with Crippen LogP contribution in [0.3, 0.4) is 0 Å². The summed E-state index contributed by atoms with van der Waals surface area (Å²) in [5.74, 6) is 1.30. The van der Waals surface area contributed by atoms with E-state index in [1.54, 1.807) is 37.3 Å². The standard InChI is InChI=1S/C19H22F3N3O3.HI/c1-12-4-5-13(16(8-12)28-11-19(20,21)22)10-24-18(23)25-14-6-7-15(26-2)17(9-14)27-3;/h4-9H,10-11H2,1-3H3,(H3,23,24,25);1H. The summed E-state index contributed by atoms with van der Waals surface area (Å²) in [5, 5.41) is 2.90. The molecule has 160 valence electrons. The van der Waals surface area contributed by atoms with Crippen LogP contribution in [-0.4, -0.2) is 33.0 Å². The van der Waals surface area contributed by atoms with Gasteiger partial charge in [-0.3, -0.25) is 0 Å². The van der Waals surface area contributed by atoms with Crippen LogP contribution in [0.25, 0.3) is 0 Å². The van der Waals surface area contributed by atoms with Gasteiger partial charge in [-0.15, -0.1) is 24.0 Å². The van der Waals surface area contributed by atoms with Gasteiger partial charge >= 0.3 is 6.18 Å². The van der Waals surface area contributed by atoms with Gasteiger partial charge < -0.3 is 25.3 Å². The maximum atomic E-state index is 12.4. The van der Waals surface area contributed by atoms with Crippen LogP contribution in [0.2, 0.25) is 0 Å². The third-order valence-corrected chi connectivity index (χ3v) is 3.69. The number of aliphatic imine (C=N–C) groups is 1. The zero-order valence-electron chi connectivity index (χ0n) is 16.2.